The van der Waals surface area contributed by atoms with E-state index in [2.05, 4.69) is 19.9 Å². The third-order valence-electron chi connectivity index (χ3n) is 2.92. The maximum atomic E-state index is 10.8. The van der Waals surface area contributed by atoms with Crippen molar-refractivity contribution >= 4 is 17.7 Å². The molecule has 1 N–H and O–H groups in total. The molecule has 0 radical (unpaired) electrons. The lowest BCUT2D eigenvalue weighted by molar-refractivity contribution is 0.0697. The molecule has 0 heterocycles. The van der Waals surface area contributed by atoms with Crippen LogP contribution in [0.1, 0.15) is 21.5 Å². The molecule has 0 saturated heterocycles. The van der Waals surface area contributed by atoms with E-state index in [4.69, 9.17) is 9.84 Å². The fourth-order valence-corrected chi connectivity index (χ4v) is 2.76. The van der Waals surface area contributed by atoms with Crippen molar-refractivity contribution in [2.75, 3.05) is 12.4 Å². The molecule has 2 aromatic rings. The van der Waals surface area contributed by atoms with Crippen LogP contribution in [0.5, 0.6) is 5.75 Å². The zero-order chi connectivity index (χ0) is 15.2. The standard InChI is InChI=1S/C17H18O3S/c1-12-9-13(2)11-15(10-12)20-7-8-21-16-5-3-14(4-6-16)17(18)19/h3-6,9-11H,7-8H2,1-2H3,(H,18,19). The van der Waals surface area contributed by atoms with Crippen LogP contribution < -0.4 is 4.74 Å². The first-order valence-electron chi connectivity index (χ1n) is 6.72. The van der Waals surface area contributed by atoms with E-state index in [9.17, 15) is 4.79 Å². The highest BCUT2D eigenvalue weighted by Crippen LogP contribution is 2.20. The topological polar surface area (TPSA) is 46.5 Å². The molecule has 0 fully saturated rings. The highest BCUT2D eigenvalue weighted by atomic mass is 32.2. The van der Waals surface area contributed by atoms with E-state index < -0.39 is 5.97 Å². The minimum atomic E-state index is -0.898. The summed E-state index contributed by atoms with van der Waals surface area (Å²) in [6, 6.07) is 13.1. The van der Waals surface area contributed by atoms with Gasteiger partial charge in [-0.15, -0.1) is 11.8 Å². The van der Waals surface area contributed by atoms with E-state index in [0.29, 0.717) is 12.2 Å². The lowest BCUT2D eigenvalue weighted by Gasteiger charge is -2.08. The molecule has 21 heavy (non-hydrogen) atoms. The number of carboxylic acid groups (broad SMARTS) is 1. The van der Waals surface area contributed by atoms with E-state index in [-0.39, 0.29) is 0 Å². The first-order valence-corrected chi connectivity index (χ1v) is 7.70. The zero-order valence-corrected chi connectivity index (χ0v) is 12.9. The molecule has 0 saturated carbocycles. The first-order chi connectivity index (χ1) is 10.0. The lowest BCUT2D eigenvalue weighted by Crippen LogP contribution is -2.00. The van der Waals surface area contributed by atoms with Gasteiger partial charge in [-0.05, 0) is 61.4 Å². The van der Waals surface area contributed by atoms with Crippen LogP contribution in [0.3, 0.4) is 0 Å². The second kappa shape index (κ2) is 7.18. The molecule has 0 aromatic heterocycles. The Morgan fingerprint density at radius 3 is 2.29 bits per heavy atom. The SMILES string of the molecule is Cc1cc(C)cc(OCCSc2ccc(C(=O)O)cc2)c1. The number of aromatic carboxylic acids is 1. The minimum absolute atomic E-state index is 0.311. The fourth-order valence-electron chi connectivity index (χ4n) is 2.03. The number of ether oxygens (including phenoxy) is 1. The molecule has 2 rings (SSSR count). The summed E-state index contributed by atoms with van der Waals surface area (Å²) in [6.45, 7) is 4.73. The summed E-state index contributed by atoms with van der Waals surface area (Å²) in [4.78, 5) is 11.8. The number of aryl methyl sites for hydroxylation is 2. The summed E-state index contributed by atoms with van der Waals surface area (Å²) in [6.07, 6.45) is 0. The summed E-state index contributed by atoms with van der Waals surface area (Å²) in [7, 11) is 0. The molecule has 4 heteroatoms. The zero-order valence-electron chi connectivity index (χ0n) is 12.1. The number of hydrogen-bond acceptors (Lipinski definition) is 3. The van der Waals surface area contributed by atoms with Crippen LogP contribution in [0, 0.1) is 13.8 Å². The van der Waals surface area contributed by atoms with Gasteiger partial charge in [-0.3, -0.25) is 0 Å². The van der Waals surface area contributed by atoms with Crippen molar-refractivity contribution in [1.82, 2.24) is 0 Å². The largest absolute Gasteiger partial charge is 0.493 e. The van der Waals surface area contributed by atoms with Crippen molar-refractivity contribution in [3.8, 4) is 5.75 Å². The molecular formula is C17H18O3S. The van der Waals surface area contributed by atoms with E-state index in [1.54, 1.807) is 23.9 Å². The third kappa shape index (κ3) is 4.83. The van der Waals surface area contributed by atoms with Crippen molar-refractivity contribution < 1.29 is 14.6 Å². The van der Waals surface area contributed by atoms with Crippen molar-refractivity contribution in [2.45, 2.75) is 18.7 Å². The van der Waals surface area contributed by atoms with Gasteiger partial charge in [0.25, 0.3) is 0 Å². The molecule has 110 valence electrons. The lowest BCUT2D eigenvalue weighted by atomic mass is 10.1. The van der Waals surface area contributed by atoms with Crippen molar-refractivity contribution in [2.24, 2.45) is 0 Å². The van der Waals surface area contributed by atoms with Crippen LogP contribution in [-0.2, 0) is 0 Å². The minimum Gasteiger partial charge on any atom is -0.493 e. The summed E-state index contributed by atoms with van der Waals surface area (Å²) in [5.74, 6) is 0.818. The number of benzene rings is 2. The molecule has 0 atom stereocenters. The number of carboxylic acids is 1. The van der Waals surface area contributed by atoms with Crippen LogP contribution in [-0.4, -0.2) is 23.4 Å². The van der Waals surface area contributed by atoms with Gasteiger partial charge in [0, 0.05) is 10.6 Å². The van der Waals surface area contributed by atoms with Gasteiger partial charge in [0.05, 0.1) is 12.2 Å². The Balaban J connectivity index is 1.80. The second-order valence-corrected chi connectivity index (χ2v) is 6.02. The predicted octanol–water partition coefficient (Wildman–Crippen LogP) is 4.17. The molecular weight excluding hydrogens is 284 g/mol. The number of hydrogen-bond donors (Lipinski definition) is 1. The highest BCUT2D eigenvalue weighted by Gasteiger charge is 2.02. The Labute approximate surface area is 129 Å². The Kier molecular flexibility index (Phi) is 5.28. The fraction of sp³-hybridized carbons (Fsp3) is 0.235. The van der Waals surface area contributed by atoms with Gasteiger partial charge in [-0.1, -0.05) is 6.07 Å². The molecule has 0 bridgehead atoms. The molecule has 2 aromatic carbocycles. The normalized spacial score (nSPS) is 10.4. The highest BCUT2D eigenvalue weighted by molar-refractivity contribution is 7.99. The molecule has 0 aliphatic carbocycles. The van der Waals surface area contributed by atoms with Gasteiger partial charge in [0.2, 0.25) is 0 Å². The van der Waals surface area contributed by atoms with Crippen molar-refractivity contribution in [1.29, 1.82) is 0 Å². The average Bonchev–Trinajstić information content (AvgIpc) is 2.43. The maximum Gasteiger partial charge on any atom is 0.335 e. The van der Waals surface area contributed by atoms with Crippen LogP contribution in [0.25, 0.3) is 0 Å². The van der Waals surface area contributed by atoms with Crippen molar-refractivity contribution in [3.05, 3.63) is 59.2 Å². The monoisotopic (exact) mass is 302 g/mol. The molecule has 3 nitrogen and oxygen atoms in total. The van der Waals surface area contributed by atoms with Crippen LogP contribution in [0.4, 0.5) is 0 Å². The predicted molar refractivity (Wildman–Crippen MR) is 85.5 cm³/mol. The molecule has 0 unspecified atom stereocenters. The van der Waals surface area contributed by atoms with Crippen LogP contribution >= 0.6 is 11.8 Å². The van der Waals surface area contributed by atoms with Gasteiger partial charge in [-0.25, -0.2) is 4.79 Å². The molecule has 0 amide bonds. The Morgan fingerprint density at radius 1 is 1.10 bits per heavy atom. The van der Waals surface area contributed by atoms with Crippen LogP contribution in [0.15, 0.2) is 47.4 Å². The molecule has 0 spiro atoms. The van der Waals surface area contributed by atoms with Crippen LogP contribution in [0.2, 0.25) is 0 Å². The van der Waals surface area contributed by atoms with E-state index in [0.717, 1.165) is 16.4 Å². The summed E-state index contributed by atoms with van der Waals surface area (Å²) >= 11 is 1.65. The Bertz CT molecular complexity index is 600. The molecule has 0 aliphatic heterocycles. The average molecular weight is 302 g/mol. The van der Waals surface area contributed by atoms with Crippen molar-refractivity contribution in [3.63, 3.8) is 0 Å². The van der Waals surface area contributed by atoms with E-state index in [1.165, 1.54) is 11.1 Å². The third-order valence-corrected chi connectivity index (χ3v) is 3.89. The summed E-state index contributed by atoms with van der Waals surface area (Å²) in [5.41, 5.74) is 2.70. The first kappa shape index (κ1) is 15.4. The number of carbonyl (C=O) groups is 1. The summed E-state index contributed by atoms with van der Waals surface area (Å²) < 4.78 is 5.74. The second-order valence-electron chi connectivity index (χ2n) is 4.85. The number of rotatable bonds is 6. The summed E-state index contributed by atoms with van der Waals surface area (Å²) in [5, 5.41) is 8.83. The Morgan fingerprint density at radius 2 is 1.71 bits per heavy atom. The Hall–Kier alpha value is -1.94. The van der Waals surface area contributed by atoms with Gasteiger partial charge < -0.3 is 9.84 Å². The van der Waals surface area contributed by atoms with E-state index in [1.807, 2.05) is 24.3 Å². The number of thioether (sulfide) groups is 1. The smallest absolute Gasteiger partial charge is 0.335 e. The van der Waals surface area contributed by atoms with Gasteiger partial charge >= 0.3 is 5.97 Å². The van der Waals surface area contributed by atoms with E-state index >= 15 is 0 Å². The quantitative estimate of drug-likeness (QED) is 0.642. The van der Waals surface area contributed by atoms with Gasteiger partial charge in [-0.2, -0.15) is 0 Å². The maximum absolute atomic E-state index is 10.8. The molecule has 0 aliphatic rings. The van der Waals surface area contributed by atoms with Gasteiger partial charge in [0.15, 0.2) is 0 Å². The van der Waals surface area contributed by atoms with Gasteiger partial charge in [0.1, 0.15) is 5.75 Å².